The number of nitrogens with one attached hydrogen (secondary N) is 2. The van der Waals surface area contributed by atoms with Crippen LogP contribution in [0.4, 0.5) is 45.5 Å². The van der Waals surface area contributed by atoms with Crippen LogP contribution in [0.3, 0.4) is 0 Å². The van der Waals surface area contributed by atoms with Crippen molar-refractivity contribution in [1.82, 2.24) is 0 Å². The van der Waals surface area contributed by atoms with Crippen LogP contribution in [0.15, 0.2) is 78.8 Å². The third-order valence-electron chi connectivity index (χ3n) is 4.72. The van der Waals surface area contributed by atoms with Crippen molar-refractivity contribution in [2.24, 2.45) is 20.5 Å². The van der Waals surface area contributed by atoms with E-state index in [0.717, 1.165) is 24.3 Å². The Balaban J connectivity index is 2.01. The van der Waals surface area contributed by atoms with Gasteiger partial charge in [-0.2, -0.15) is 10.2 Å². The quantitative estimate of drug-likeness (QED) is 0.169. The number of anilines is 4. The molecule has 3 rings (SSSR count). The van der Waals surface area contributed by atoms with Gasteiger partial charge in [-0.25, -0.2) is 16.8 Å². The molecule has 0 fully saturated rings. The van der Waals surface area contributed by atoms with Gasteiger partial charge in [0.15, 0.2) is 0 Å². The van der Waals surface area contributed by atoms with Crippen LogP contribution in [0.5, 0.6) is 0 Å². The van der Waals surface area contributed by atoms with E-state index < -0.39 is 41.8 Å². The number of amides is 2. The van der Waals surface area contributed by atoms with Gasteiger partial charge in [-0.1, -0.05) is 0 Å². The highest BCUT2D eigenvalue weighted by molar-refractivity contribution is 7.86. The number of hydrogen-bond donors (Lipinski definition) is 4. The van der Waals surface area contributed by atoms with E-state index in [1.54, 1.807) is 0 Å². The zero-order chi connectivity index (χ0) is 29.8. The minimum Gasteiger partial charge on any atom is -0.744 e. The average molecular weight is 589 g/mol. The van der Waals surface area contributed by atoms with E-state index in [2.05, 4.69) is 31.1 Å². The van der Waals surface area contributed by atoms with E-state index in [9.17, 15) is 35.5 Å². The molecule has 3 aromatic rings. The van der Waals surface area contributed by atoms with Gasteiger partial charge in [0.2, 0.25) is 11.8 Å². The van der Waals surface area contributed by atoms with Gasteiger partial charge in [-0.3, -0.25) is 9.59 Å². The summed E-state index contributed by atoms with van der Waals surface area (Å²) in [6.07, 6.45) is 0. The molecule has 0 spiro atoms. The van der Waals surface area contributed by atoms with E-state index in [1.165, 1.54) is 38.1 Å². The Morgan fingerprint density at radius 2 is 1.00 bits per heavy atom. The van der Waals surface area contributed by atoms with Crippen LogP contribution in [0.2, 0.25) is 0 Å². The lowest BCUT2D eigenvalue weighted by atomic mass is 10.2. The molecule has 0 aliphatic rings. The maximum absolute atomic E-state index is 11.5. The van der Waals surface area contributed by atoms with Crippen molar-refractivity contribution in [3.63, 3.8) is 0 Å². The summed E-state index contributed by atoms with van der Waals surface area (Å²) in [5.74, 6) is -1.05. The molecular weight excluding hydrogens is 568 g/mol. The molecule has 0 aromatic heterocycles. The summed E-state index contributed by atoms with van der Waals surface area (Å²) in [5.41, 5.74) is 11.7. The molecular formula is C22H20N8O8S2-2. The molecule has 210 valence electrons. The Hall–Kier alpha value is -4.78. The summed E-state index contributed by atoms with van der Waals surface area (Å²) in [6.45, 7) is 2.36. The van der Waals surface area contributed by atoms with Crippen LogP contribution in [-0.4, -0.2) is 37.8 Å². The molecule has 3 aromatic carbocycles. The molecule has 0 saturated heterocycles. The van der Waals surface area contributed by atoms with Crippen LogP contribution in [0.25, 0.3) is 0 Å². The van der Waals surface area contributed by atoms with Gasteiger partial charge in [0.1, 0.15) is 31.6 Å². The average Bonchev–Trinajstić information content (AvgIpc) is 2.80. The van der Waals surface area contributed by atoms with Crippen LogP contribution in [0.1, 0.15) is 13.8 Å². The van der Waals surface area contributed by atoms with E-state index in [1.807, 2.05) is 0 Å². The third-order valence-corrected chi connectivity index (χ3v) is 6.35. The fraction of sp³-hybridized carbons (Fsp3) is 0.0909. The van der Waals surface area contributed by atoms with E-state index in [-0.39, 0.29) is 45.5 Å². The van der Waals surface area contributed by atoms with Crippen LogP contribution in [0, 0.1) is 0 Å². The second-order valence-corrected chi connectivity index (χ2v) is 10.8. The third kappa shape index (κ3) is 8.11. The first-order chi connectivity index (χ1) is 18.5. The van der Waals surface area contributed by atoms with Crippen molar-refractivity contribution in [2.75, 3.05) is 22.1 Å². The molecule has 0 saturated carbocycles. The number of benzene rings is 3. The molecule has 0 heterocycles. The first-order valence-electron chi connectivity index (χ1n) is 10.8. The van der Waals surface area contributed by atoms with Gasteiger partial charge in [0.05, 0.1) is 32.5 Å². The normalized spacial score (nSPS) is 12.1. The molecule has 0 radical (unpaired) electrons. The highest BCUT2D eigenvalue weighted by atomic mass is 32.2. The first kappa shape index (κ1) is 29.8. The van der Waals surface area contributed by atoms with Gasteiger partial charge in [-0.05, 0) is 48.5 Å². The zero-order valence-corrected chi connectivity index (χ0v) is 22.3. The van der Waals surface area contributed by atoms with Crippen LogP contribution < -0.4 is 22.1 Å². The van der Waals surface area contributed by atoms with Crippen LogP contribution >= 0.6 is 0 Å². The lowest BCUT2D eigenvalue weighted by Gasteiger charge is -2.11. The molecule has 18 heteroatoms. The van der Waals surface area contributed by atoms with Crippen molar-refractivity contribution in [3.05, 3.63) is 48.5 Å². The highest BCUT2D eigenvalue weighted by Crippen LogP contribution is 2.36. The predicted octanol–water partition coefficient (Wildman–Crippen LogP) is 3.41. The summed E-state index contributed by atoms with van der Waals surface area (Å²) < 4.78 is 69.0. The van der Waals surface area contributed by atoms with Gasteiger partial charge in [0.25, 0.3) is 0 Å². The Morgan fingerprint density at radius 1 is 0.625 bits per heavy atom. The molecule has 16 nitrogen and oxygen atoms in total. The van der Waals surface area contributed by atoms with Crippen molar-refractivity contribution in [2.45, 2.75) is 23.6 Å². The molecule has 2 amide bonds. The zero-order valence-electron chi connectivity index (χ0n) is 20.6. The summed E-state index contributed by atoms with van der Waals surface area (Å²) >= 11 is 0. The number of carbonyl (C=O) groups is 2. The smallest absolute Gasteiger partial charge is 0.221 e. The number of nitrogens with two attached hydrogens (primary N) is 2. The molecule has 0 bridgehead atoms. The van der Waals surface area contributed by atoms with Gasteiger partial charge in [-0.15, -0.1) is 10.2 Å². The van der Waals surface area contributed by atoms with E-state index in [4.69, 9.17) is 11.5 Å². The topological polar surface area (TPSA) is 274 Å². The van der Waals surface area contributed by atoms with E-state index in [0.29, 0.717) is 0 Å². The number of nitrogen functional groups attached to an aromatic ring is 2. The molecule has 0 unspecified atom stereocenters. The summed E-state index contributed by atoms with van der Waals surface area (Å²) in [5, 5.41) is 20.3. The van der Waals surface area contributed by atoms with Crippen molar-refractivity contribution in [3.8, 4) is 0 Å². The Bertz CT molecular complexity index is 1660. The standard InChI is InChI=1S/C22H22N8O8S2/c1-11(31)25-13-3-15(7-17(5-13)39(33,34)35)27-29-21-10-22(20(24)9-19(21)23)30-28-16-4-14(26-12(2)32)6-18(8-16)40(36,37)38/h3-10H,23-24H2,1-2H3,(H,25,31)(H,26,32)(H,33,34,35)(H,36,37,38)/p-2. The molecule has 0 atom stereocenters. The minimum absolute atomic E-state index is 0.00515. The van der Waals surface area contributed by atoms with Crippen molar-refractivity contribution in [1.29, 1.82) is 0 Å². The van der Waals surface area contributed by atoms with Crippen LogP contribution in [-0.2, 0) is 29.8 Å². The molecule has 0 aliphatic carbocycles. The molecule has 40 heavy (non-hydrogen) atoms. The lowest BCUT2D eigenvalue weighted by molar-refractivity contribution is -0.115. The number of nitrogens with zero attached hydrogens (tertiary/aromatic N) is 4. The minimum atomic E-state index is -4.90. The predicted molar refractivity (Wildman–Crippen MR) is 141 cm³/mol. The van der Waals surface area contributed by atoms with E-state index >= 15 is 0 Å². The summed E-state index contributed by atoms with van der Waals surface area (Å²) in [7, 11) is -9.79. The Labute approximate surface area is 227 Å². The second kappa shape index (κ2) is 11.5. The largest absolute Gasteiger partial charge is 0.744 e. The Kier molecular flexibility index (Phi) is 8.58. The molecule has 6 N–H and O–H groups in total. The number of hydrogen-bond acceptors (Lipinski definition) is 14. The fourth-order valence-electron chi connectivity index (χ4n) is 3.13. The number of azo groups is 2. The van der Waals surface area contributed by atoms with Gasteiger partial charge >= 0.3 is 0 Å². The summed E-state index contributed by atoms with van der Waals surface area (Å²) in [4.78, 5) is 21.4. The monoisotopic (exact) mass is 588 g/mol. The van der Waals surface area contributed by atoms with Gasteiger partial charge in [0, 0.05) is 25.2 Å². The fourth-order valence-corrected chi connectivity index (χ4v) is 4.20. The maximum Gasteiger partial charge on any atom is 0.221 e. The Morgan fingerprint density at radius 3 is 1.32 bits per heavy atom. The SMILES string of the molecule is CC(=O)Nc1cc(N=Nc2cc(N=Nc3cc(NC(C)=O)cc(S(=O)(=O)[O-])c3)c(N)cc2N)cc(S(=O)(=O)[O-])c1. The van der Waals surface area contributed by atoms with Crippen molar-refractivity contribution >= 4 is 77.5 Å². The highest BCUT2D eigenvalue weighted by Gasteiger charge is 2.11. The van der Waals surface area contributed by atoms with Crippen molar-refractivity contribution < 1.29 is 35.5 Å². The number of rotatable bonds is 8. The van der Waals surface area contributed by atoms with Gasteiger partial charge < -0.3 is 31.2 Å². The molecule has 0 aliphatic heterocycles. The maximum atomic E-state index is 11.5. The summed E-state index contributed by atoms with van der Waals surface area (Å²) in [6, 6.07) is 8.85. The number of carbonyl (C=O) groups excluding carboxylic acids is 2. The first-order valence-corrected chi connectivity index (χ1v) is 13.6. The second-order valence-electron chi connectivity index (χ2n) is 8.07. The lowest BCUT2D eigenvalue weighted by Crippen LogP contribution is -2.07.